The van der Waals surface area contributed by atoms with E-state index >= 15 is 0 Å². The summed E-state index contributed by atoms with van der Waals surface area (Å²) in [6, 6.07) is 13.7. The normalized spacial score (nSPS) is 16.2. The minimum absolute atomic E-state index is 0. The second-order valence-electron chi connectivity index (χ2n) is 5.04. The highest BCUT2D eigenvalue weighted by Gasteiger charge is 2.30. The molecular formula is C18H17ClN2O. The maximum atomic E-state index is 12.5. The van der Waals surface area contributed by atoms with Crippen LogP contribution in [-0.4, -0.2) is 22.8 Å². The first-order valence-electron chi connectivity index (χ1n) is 6.85. The molecule has 3 nitrogen and oxygen atoms in total. The summed E-state index contributed by atoms with van der Waals surface area (Å²) in [6.45, 7) is 2.00. The van der Waals surface area contributed by atoms with Crippen LogP contribution in [0.15, 0.2) is 66.1 Å². The number of likely N-dealkylation sites (N-methyl/N-ethyl adjacent to an activating group) is 1. The van der Waals surface area contributed by atoms with Crippen LogP contribution in [0.2, 0.25) is 0 Å². The summed E-state index contributed by atoms with van der Waals surface area (Å²) in [6.07, 6.45) is 5.52. The average molecular weight is 313 g/mol. The lowest BCUT2D eigenvalue weighted by molar-refractivity contribution is -0.121. The molecule has 0 spiro atoms. The van der Waals surface area contributed by atoms with Crippen LogP contribution in [0.25, 0.3) is 11.6 Å². The molecule has 4 heteroatoms. The van der Waals surface area contributed by atoms with Crippen LogP contribution < -0.4 is 0 Å². The third kappa shape index (κ3) is 2.81. The molecule has 3 rings (SSSR count). The van der Waals surface area contributed by atoms with Crippen molar-refractivity contribution < 1.29 is 4.79 Å². The van der Waals surface area contributed by atoms with Crippen molar-refractivity contribution in [3.63, 3.8) is 0 Å². The monoisotopic (exact) mass is 312 g/mol. The van der Waals surface area contributed by atoms with Crippen molar-refractivity contribution >= 4 is 30.0 Å². The van der Waals surface area contributed by atoms with Gasteiger partial charge in [-0.05, 0) is 41.8 Å². The van der Waals surface area contributed by atoms with E-state index in [1.807, 2.05) is 62.5 Å². The molecule has 0 bridgehead atoms. The predicted octanol–water partition coefficient (Wildman–Crippen LogP) is 3.79. The predicted molar refractivity (Wildman–Crippen MR) is 91.3 cm³/mol. The standard InChI is InChI=1S/C18H16N2O.ClH/c1-13-16(12-14-8-10-19-11-9-14)20(2)18(21)17(13)15-6-4-3-5-7-15;/h3-12H,1-2H3;1H/b16-12-;. The van der Waals surface area contributed by atoms with Gasteiger partial charge < -0.3 is 4.90 Å². The minimum atomic E-state index is 0. The molecule has 22 heavy (non-hydrogen) atoms. The molecular weight excluding hydrogens is 296 g/mol. The number of allylic oxidation sites excluding steroid dienone is 1. The molecule has 1 aromatic heterocycles. The molecule has 0 aliphatic carbocycles. The van der Waals surface area contributed by atoms with Crippen LogP contribution in [0.5, 0.6) is 0 Å². The maximum Gasteiger partial charge on any atom is 0.258 e. The van der Waals surface area contributed by atoms with Crippen LogP contribution in [0.1, 0.15) is 18.1 Å². The Morgan fingerprint density at radius 2 is 1.68 bits per heavy atom. The molecule has 1 aliphatic heterocycles. The van der Waals surface area contributed by atoms with Gasteiger partial charge >= 0.3 is 0 Å². The second-order valence-corrected chi connectivity index (χ2v) is 5.04. The number of carbonyl (C=O) groups excluding carboxylic acids is 1. The summed E-state index contributed by atoms with van der Waals surface area (Å²) in [5.41, 5.74) is 4.72. The van der Waals surface area contributed by atoms with E-state index in [2.05, 4.69) is 4.98 Å². The molecule has 0 saturated heterocycles. The van der Waals surface area contributed by atoms with E-state index in [0.717, 1.165) is 28.0 Å². The second kappa shape index (κ2) is 6.58. The van der Waals surface area contributed by atoms with E-state index in [1.54, 1.807) is 17.3 Å². The first-order chi connectivity index (χ1) is 10.2. The van der Waals surface area contributed by atoms with Gasteiger partial charge in [0.2, 0.25) is 0 Å². The number of halogens is 1. The van der Waals surface area contributed by atoms with Gasteiger partial charge in [0.25, 0.3) is 5.91 Å². The zero-order chi connectivity index (χ0) is 14.8. The number of carbonyl (C=O) groups is 1. The molecule has 112 valence electrons. The first-order valence-corrected chi connectivity index (χ1v) is 6.85. The molecule has 0 radical (unpaired) electrons. The Bertz CT molecular complexity index is 736. The van der Waals surface area contributed by atoms with Gasteiger partial charge in [-0.1, -0.05) is 30.3 Å². The van der Waals surface area contributed by atoms with E-state index in [4.69, 9.17) is 0 Å². The van der Waals surface area contributed by atoms with Crippen LogP contribution in [0.3, 0.4) is 0 Å². The molecule has 0 unspecified atom stereocenters. The van der Waals surface area contributed by atoms with E-state index in [9.17, 15) is 4.79 Å². The zero-order valence-corrected chi connectivity index (χ0v) is 13.3. The molecule has 1 amide bonds. The van der Waals surface area contributed by atoms with Crippen molar-refractivity contribution in [1.82, 2.24) is 9.88 Å². The molecule has 2 heterocycles. The molecule has 0 N–H and O–H groups in total. The quantitative estimate of drug-likeness (QED) is 0.845. The summed E-state index contributed by atoms with van der Waals surface area (Å²) >= 11 is 0. The summed E-state index contributed by atoms with van der Waals surface area (Å²) in [5, 5.41) is 0. The number of rotatable bonds is 2. The maximum absolute atomic E-state index is 12.5. The van der Waals surface area contributed by atoms with Crippen molar-refractivity contribution in [1.29, 1.82) is 0 Å². The fraction of sp³-hybridized carbons (Fsp3) is 0.111. The largest absolute Gasteiger partial charge is 0.311 e. The Morgan fingerprint density at radius 3 is 2.32 bits per heavy atom. The van der Waals surface area contributed by atoms with Crippen LogP contribution in [0.4, 0.5) is 0 Å². The number of hydrogen-bond acceptors (Lipinski definition) is 2. The fourth-order valence-electron chi connectivity index (χ4n) is 2.58. The highest BCUT2D eigenvalue weighted by Crippen LogP contribution is 2.35. The van der Waals surface area contributed by atoms with Gasteiger partial charge in [-0.3, -0.25) is 9.78 Å². The molecule has 0 fully saturated rings. The van der Waals surface area contributed by atoms with Gasteiger partial charge in [-0.25, -0.2) is 0 Å². The minimum Gasteiger partial charge on any atom is -0.311 e. The molecule has 2 aromatic rings. The molecule has 1 aromatic carbocycles. The lowest BCUT2D eigenvalue weighted by atomic mass is 10.0. The molecule has 0 saturated carbocycles. The summed E-state index contributed by atoms with van der Waals surface area (Å²) in [4.78, 5) is 18.3. The number of amides is 1. The molecule has 1 aliphatic rings. The van der Waals surface area contributed by atoms with Crippen LogP contribution in [0, 0.1) is 0 Å². The lowest BCUT2D eigenvalue weighted by Gasteiger charge is -2.12. The molecule has 0 atom stereocenters. The van der Waals surface area contributed by atoms with Gasteiger partial charge in [0.15, 0.2) is 0 Å². The third-order valence-corrected chi connectivity index (χ3v) is 3.71. The highest BCUT2D eigenvalue weighted by molar-refractivity contribution is 6.24. The van der Waals surface area contributed by atoms with Crippen LogP contribution >= 0.6 is 12.4 Å². The van der Waals surface area contributed by atoms with Crippen molar-refractivity contribution in [3.8, 4) is 0 Å². The Morgan fingerprint density at radius 1 is 1.05 bits per heavy atom. The summed E-state index contributed by atoms with van der Waals surface area (Å²) in [5.74, 6) is 0.0407. The number of pyridine rings is 1. The van der Waals surface area contributed by atoms with Crippen LogP contribution in [-0.2, 0) is 4.79 Å². The first kappa shape index (κ1) is 16.0. The SMILES string of the molecule is CC1=C(c2ccccc2)C(=O)N(C)/C1=C\c1ccncc1.Cl. The number of hydrogen-bond donors (Lipinski definition) is 0. The van der Waals surface area contributed by atoms with Gasteiger partial charge in [0.05, 0.1) is 5.57 Å². The van der Waals surface area contributed by atoms with Gasteiger partial charge in [0, 0.05) is 25.1 Å². The zero-order valence-electron chi connectivity index (χ0n) is 12.5. The highest BCUT2D eigenvalue weighted by atomic mass is 35.5. The fourth-order valence-corrected chi connectivity index (χ4v) is 2.58. The topological polar surface area (TPSA) is 33.2 Å². The van der Waals surface area contributed by atoms with E-state index in [-0.39, 0.29) is 18.3 Å². The van der Waals surface area contributed by atoms with Gasteiger partial charge in [0.1, 0.15) is 0 Å². The van der Waals surface area contributed by atoms with Crippen molar-refractivity contribution in [2.75, 3.05) is 7.05 Å². The number of benzene rings is 1. The lowest BCUT2D eigenvalue weighted by Crippen LogP contribution is -2.20. The van der Waals surface area contributed by atoms with E-state index in [1.165, 1.54) is 0 Å². The van der Waals surface area contributed by atoms with Gasteiger partial charge in [-0.2, -0.15) is 0 Å². The smallest absolute Gasteiger partial charge is 0.258 e. The van der Waals surface area contributed by atoms with Crippen molar-refractivity contribution in [3.05, 3.63) is 77.3 Å². The average Bonchev–Trinajstić information content (AvgIpc) is 2.73. The number of nitrogens with zero attached hydrogens (tertiary/aromatic N) is 2. The van der Waals surface area contributed by atoms with Gasteiger partial charge in [-0.15, -0.1) is 12.4 Å². The Hall–Kier alpha value is -2.39. The Balaban J connectivity index is 0.00000176. The van der Waals surface area contributed by atoms with E-state index < -0.39 is 0 Å². The van der Waals surface area contributed by atoms with Crippen molar-refractivity contribution in [2.45, 2.75) is 6.92 Å². The van der Waals surface area contributed by atoms with E-state index in [0.29, 0.717) is 0 Å². The van der Waals surface area contributed by atoms with Crippen molar-refractivity contribution in [2.24, 2.45) is 0 Å². The third-order valence-electron chi connectivity index (χ3n) is 3.71. The summed E-state index contributed by atoms with van der Waals surface area (Å²) < 4.78 is 0. The Labute approximate surface area is 136 Å². The number of aromatic nitrogens is 1. The Kier molecular flexibility index (Phi) is 4.78. The summed E-state index contributed by atoms with van der Waals surface area (Å²) in [7, 11) is 1.81.